The van der Waals surface area contributed by atoms with Crippen LogP contribution in [0.25, 0.3) is 11.0 Å². The van der Waals surface area contributed by atoms with Crippen LogP contribution in [0, 0.1) is 0 Å². The van der Waals surface area contributed by atoms with E-state index in [0.29, 0.717) is 39.5 Å². The molecule has 0 saturated heterocycles. The average Bonchev–Trinajstić information content (AvgIpc) is 3.65. The first-order chi connectivity index (χ1) is 18.5. The van der Waals surface area contributed by atoms with Gasteiger partial charge in [-0.2, -0.15) is 0 Å². The number of rotatable bonds is 7. The molecule has 3 aromatic carbocycles. The predicted octanol–water partition coefficient (Wildman–Crippen LogP) is 4.96. The molecule has 0 aliphatic carbocycles. The van der Waals surface area contributed by atoms with E-state index < -0.39 is 23.5 Å². The highest BCUT2D eigenvalue weighted by atomic mass is 16.7. The third-order valence-electron chi connectivity index (χ3n) is 6.72. The highest BCUT2D eigenvalue weighted by Gasteiger charge is 2.44. The molecule has 4 aromatic rings. The number of para-hydroxylation sites is 1. The van der Waals surface area contributed by atoms with Crippen molar-refractivity contribution in [2.24, 2.45) is 0 Å². The van der Waals surface area contributed by atoms with Gasteiger partial charge in [0.05, 0.1) is 25.8 Å². The van der Waals surface area contributed by atoms with Gasteiger partial charge in [-0.3, -0.25) is 9.59 Å². The molecule has 1 aromatic heterocycles. The van der Waals surface area contributed by atoms with Crippen molar-refractivity contribution >= 4 is 22.7 Å². The molecule has 1 atom stereocenters. The van der Waals surface area contributed by atoms with Crippen LogP contribution >= 0.6 is 0 Å². The fourth-order valence-electron chi connectivity index (χ4n) is 4.86. The Labute approximate surface area is 217 Å². The number of benzene rings is 3. The van der Waals surface area contributed by atoms with Crippen LogP contribution in [-0.4, -0.2) is 42.7 Å². The Morgan fingerprint density at radius 1 is 1.00 bits per heavy atom. The van der Waals surface area contributed by atoms with Gasteiger partial charge in [-0.05, 0) is 47.5 Å². The number of fused-ring (bicyclic) bond motifs is 2. The highest BCUT2D eigenvalue weighted by Crippen LogP contribution is 2.42. The fourth-order valence-corrected chi connectivity index (χ4v) is 4.86. The average molecular weight is 514 g/mol. The lowest BCUT2D eigenvalue weighted by molar-refractivity contribution is -0.130. The van der Waals surface area contributed by atoms with E-state index in [9.17, 15) is 14.7 Å². The molecule has 6 rings (SSSR count). The lowest BCUT2D eigenvalue weighted by Crippen LogP contribution is -2.30. The molecule has 1 N–H and O–H groups in total. The summed E-state index contributed by atoms with van der Waals surface area (Å²) >= 11 is 0. The summed E-state index contributed by atoms with van der Waals surface area (Å²) in [6.07, 6.45) is 0. The summed E-state index contributed by atoms with van der Waals surface area (Å²) in [6.45, 7) is 0.236. The molecule has 9 nitrogen and oxygen atoms in total. The third-order valence-corrected chi connectivity index (χ3v) is 6.72. The summed E-state index contributed by atoms with van der Waals surface area (Å²) in [6, 6.07) is 18.4. The van der Waals surface area contributed by atoms with E-state index in [4.69, 9.17) is 23.4 Å². The number of aliphatic hydroxyl groups excluding tert-OH is 1. The van der Waals surface area contributed by atoms with Crippen LogP contribution in [0.2, 0.25) is 0 Å². The number of ketones is 1. The smallest absolute Gasteiger partial charge is 0.290 e. The predicted molar refractivity (Wildman–Crippen MR) is 136 cm³/mol. The number of Topliss-reactive ketones (excluding diaryl/α,β-unsaturated/α-hetero) is 1. The normalized spacial score (nSPS) is 16.4. The van der Waals surface area contributed by atoms with Gasteiger partial charge >= 0.3 is 0 Å². The summed E-state index contributed by atoms with van der Waals surface area (Å²) < 4.78 is 27.4. The standard InChI is InChI=1S/C29H23NO8/c1-34-19-9-7-17(8-10-19)25-24(26(31)23-13-18-4-3-5-21(35-2)28(18)38-23)27(32)29(33)30(25)14-16-6-11-20-22(12-16)37-15-36-20/h3-13,25,32H,14-15H2,1-2H3. The molecule has 38 heavy (non-hydrogen) atoms. The molecule has 2 aliphatic rings. The third kappa shape index (κ3) is 3.80. The number of hydrogen-bond donors (Lipinski definition) is 1. The van der Waals surface area contributed by atoms with Crippen molar-refractivity contribution in [3.8, 4) is 23.0 Å². The van der Waals surface area contributed by atoms with Gasteiger partial charge in [0.15, 0.2) is 34.4 Å². The van der Waals surface area contributed by atoms with E-state index in [2.05, 4.69) is 0 Å². The van der Waals surface area contributed by atoms with Gasteiger partial charge < -0.3 is 33.4 Å². The molecule has 0 fully saturated rings. The number of ether oxygens (including phenoxy) is 4. The van der Waals surface area contributed by atoms with Gasteiger partial charge in [0.25, 0.3) is 5.91 Å². The zero-order valence-corrected chi connectivity index (χ0v) is 20.6. The Balaban J connectivity index is 1.42. The van der Waals surface area contributed by atoms with Gasteiger partial charge in [0, 0.05) is 11.9 Å². The summed E-state index contributed by atoms with van der Waals surface area (Å²) in [5.41, 5.74) is 1.71. The van der Waals surface area contributed by atoms with E-state index in [0.717, 1.165) is 5.56 Å². The monoisotopic (exact) mass is 513 g/mol. The Hall–Kier alpha value is -4.92. The van der Waals surface area contributed by atoms with Crippen LogP contribution in [0.5, 0.6) is 23.0 Å². The second-order valence-electron chi connectivity index (χ2n) is 8.88. The molecule has 0 bridgehead atoms. The maximum absolute atomic E-state index is 13.8. The number of nitrogens with zero attached hydrogens (tertiary/aromatic N) is 1. The Morgan fingerprint density at radius 3 is 2.55 bits per heavy atom. The molecule has 9 heteroatoms. The highest BCUT2D eigenvalue weighted by molar-refractivity contribution is 6.16. The first-order valence-electron chi connectivity index (χ1n) is 11.9. The second-order valence-corrected chi connectivity index (χ2v) is 8.88. The van der Waals surface area contributed by atoms with E-state index in [-0.39, 0.29) is 24.7 Å². The van der Waals surface area contributed by atoms with Crippen molar-refractivity contribution in [2.45, 2.75) is 12.6 Å². The van der Waals surface area contributed by atoms with Crippen molar-refractivity contribution in [1.29, 1.82) is 0 Å². The number of carbonyl (C=O) groups is 2. The number of carbonyl (C=O) groups excluding carboxylic acids is 2. The largest absolute Gasteiger partial charge is 0.503 e. The molecular weight excluding hydrogens is 490 g/mol. The zero-order chi connectivity index (χ0) is 26.4. The fraction of sp³-hybridized carbons (Fsp3) is 0.172. The van der Waals surface area contributed by atoms with E-state index >= 15 is 0 Å². The Morgan fingerprint density at radius 2 is 1.79 bits per heavy atom. The topological polar surface area (TPSA) is 108 Å². The van der Waals surface area contributed by atoms with Crippen LogP contribution in [0.4, 0.5) is 0 Å². The van der Waals surface area contributed by atoms with Gasteiger partial charge in [0.1, 0.15) is 5.75 Å². The van der Waals surface area contributed by atoms with Gasteiger partial charge in [-0.15, -0.1) is 0 Å². The summed E-state index contributed by atoms with van der Waals surface area (Å²) in [7, 11) is 3.06. The van der Waals surface area contributed by atoms with E-state index in [1.54, 1.807) is 67.8 Å². The van der Waals surface area contributed by atoms with Crippen LogP contribution in [0.15, 0.2) is 82.5 Å². The van der Waals surface area contributed by atoms with Gasteiger partial charge in [-0.25, -0.2) is 0 Å². The lowest BCUT2D eigenvalue weighted by atomic mass is 9.94. The van der Waals surface area contributed by atoms with Gasteiger partial charge in [-0.1, -0.05) is 30.3 Å². The van der Waals surface area contributed by atoms with Crippen molar-refractivity contribution in [3.05, 3.63) is 94.9 Å². The van der Waals surface area contributed by atoms with Crippen LogP contribution in [-0.2, 0) is 11.3 Å². The van der Waals surface area contributed by atoms with Crippen molar-refractivity contribution < 1.29 is 38.1 Å². The number of methoxy groups -OCH3 is 2. The molecule has 1 amide bonds. The Kier molecular flexibility index (Phi) is 5.68. The molecule has 192 valence electrons. The number of hydrogen-bond acceptors (Lipinski definition) is 8. The lowest BCUT2D eigenvalue weighted by Gasteiger charge is -2.27. The first kappa shape index (κ1) is 23.5. The van der Waals surface area contributed by atoms with Crippen molar-refractivity contribution in [3.63, 3.8) is 0 Å². The summed E-state index contributed by atoms with van der Waals surface area (Å²) in [4.78, 5) is 28.7. The minimum absolute atomic E-state index is 0.0118. The quantitative estimate of drug-likeness (QED) is 0.346. The Bertz CT molecular complexity index is 1600. The zero-order valence-electron chi connectivity index (χ0n) is 20.6. The number of aliphatic hydroxyl groups is 1. The van der Waals surface area contributed by atoms with Crippen LogP contribution in [0.1, 0.15) is 27.7 Å². The number of furan rings is 1. The van der Waals surface area contributed by atoms with E-state index in [1.165, 1.54) is 12.0 Å². The molecular formula is C29H23NO8. The second kappa shape index (κ2) is 9.19. The first-order valence-corrected chi connectivity index (χ1v) is 11.9. The summed E-state index contributed by atoms with van der Waals surface area (Å²) in [5.74, 6) is 0.379. The van der Waals surface area contributed by atoms with Crippen molar-refractivity contribution in [1.82, 2.24) is 4.90 Å². The van der Waals surface area contributed by atoms with Crippen LogP contribution < -0.4 is 18.9 Å². The number of amides is 1. The molecule has 3 heterocycles. The SMILES string of the molecule is COc1ccc(C2C(C(=O)c3cc4cccc(OC)c4o3)=C(O)C(=O)N2Cc2ccc3c(c2)OCO3)cc1. The maximum Gasteiger partial charge on any atom is 0.290 e. The molecule has 2 aliphatic heterocycles. The van der Waals surface area contributed by atoms with Gasteiger partial charge in [0.2, 0.25) is 12.6 Å². The van der Waals surface area contributed by atoms with Crippen LogP contribution in [0.3, 0.4) is 0 Å². The minimum atomic E-state index is -0.874. The minimum Gasteiger partial charge on any atom is -0.503 e. The van der Waals surface area contributed by atoms with E-state index in [1.807, 2.05) is 6.07 Å². The molecule has 1 unspecified atom stereocenters. The van der Waals surface area contributed by atoms with Crippen molar-refractivity contribution in [2.75, 3.05) is 21.0 Å². The summed E-state index contributed by atoms with van der Waals surface area (Å²) in [5, 5.41) is 11.7. The molecule has 0 spiro atoms. The maximum atomic E-state index is 13.8. The molecule has 0 saturated carbocycles. The molecule has 0 radical (unpaired) electrons.